The molecule has 23 heavy (non-hydrogen) atoms. The third-order valence-electron chi connectivity index (χ3n) is 4.37. The number of nitrogens with zero attached hydrogens (tertiary/aromatic N) is 1. The SMILES string of the molecule is CCOC(=O)Cn1c(C)c(-c2ccccc2)c2c1C(=O)CCC2. The Hall–Kier alpha value is -2.36. The summed E-state index contributed by atoms with van der Waals surface area (Å²) in [6.07, 6.45) is 2.30. The largest absolute Gasteiger partial charge is 0.465 e. The van der Waals surface area contributed by atoms with Crippen LogP contribution in [0.5, 0.6) is 0 Å². The molecule has 4 heteroatoms. The molecule has 0 amide bonds. The van der Waals surface area contributed by atoms with Crippen molar-refractivity contribution in [3.63, 3.8) is 0 Å². The van der Waals surface area contributed by atoms with Gasteiger partial charge in [0.2, 0.25) is 0 Å². The molecule has 0 bridgehead atoms. The number of hydrogen-bond acceptors (Lipinski definition) is 3. The molecule has 120 valence electrons. The molecule has 0 unspecified atom stereocenters. The minimum absolute atomic E-state index is 0.0978. The van der Waals surface area contributed by atoms with Gasteiger partial charge in [-0.15, -0.1) is 0 Å². The zero-order chi connectivity index (χ0) is 16.4. The molecular formula is C19H21NO3. The Kier molecular flexibility index (Phi) is 4.33. The van der Waals surface area contributed by atoms with Gasteiger partial charge in [0.1, 0.15) is 6.54 Å². The highest BCUT2D eigenvalue weighted by atomic mass is 16.5. The van der Waals surface area contributed by atoms with Gasteiger partial charge in [0.25, 0.3) is 0 Å². The van der Waals surface area contributed by atoms with Crippen LogP contribution >= 0.6 is 0 Å². The van der Waals surface area contributed by atoms with E-state index in [1.54, 1.807) is 6.92 Å². The standard InChI is InChI=1S/C19H21NO3/c1-3-23-17(22)12-20-13(2)18(14-8-5-4-6-9-14)15-10-7-11-16(21)19(15)20/h4-6,8-9H,3,7,10-12H2,1-2H3. The minimum atomic E-state index is -0.300. The van der Waals surface area contributed by atoms with Crippen molar-refractivity contribution in [1.29, 1.82) is 0 Å². The van der Waals surface area contributed by atoms with Crippen molar-refractivity contribution in [1.82, 2.24) is 4.57 Å². The molecule has 0 saturated carbocycles. The number of ether oxygens (including phenoxy) is 1. The smallest absolute Gasteiger partial charge is 0.325 e. The van der Waals surface area contributed by atoms with Crippen molar-refractivity contribution >= 4 is 11.8 Å². The predicted molar refractivity (Wildman–Crippen MR) is 88.5 cm³/mol. The number of carbonyl (C=O) groups excluding carboxylic acids is 2. The van der Waals surface area contributed by atoms with Crippen LogP contribution < -0.4 is 0 Å². The van der Waals surface area contributed by atoms with Gasteiger partial charge >= 0.3 is 5.97 Å². The fourth-order valence-corrected chi connectivity index (χ4v) is 3.43. The maximum Gasteiger partial charge on any atom is 0.325 e. The fourth-order valence-electron chi connectivity index (χ4n) is 3.43. The number of benzene rings is 1. The number of hydrogen-bond donors (Lipinski definition) is 0. The normalized spacial score (nSPS) is 13.7. The van der Waals surface area contributed by atoms with E-state index in [4.69, 9.17) is 4.74 Å². The molecule has 0 N–H and O–H groups in total. The molecule has 0 fully saturated rings. The molecule has 0 atom stereocenters. The van der Waals surface area contributed by atoms with E-state index in [2.05, 4.69) is 12.1 Å². The molecule has 2 aromatic rings. The molecule has 1 aliphatic carbocycles. The lowest BCUT2D eigenvalue weighted by molar-refractivity contribution is -0.143. The van der Waals surface area contributed by atoms with Crippen molar-refractivity contribution in [2.45, 2.75) is 39.7 Å². The summed E-state index contributed by atoms with van der Waals surface area (Å²) in [7, 11) is 0. The summed E-state index contributed by atoms with van der Waals surface area (Å²) < 4.78 is 6.92. The number of esters is 1. The van der Waals surface area contributed by atoms with Crippen molar-refractivity contribution < 1.29 is 14.3 Å². The van der Waals surface area contributed by atoms with Gasteiger partial charge in [-0.25, -0.2) is 0 Å². The average molecular weight is 311 g/mol. The molecule has 0 saturated heterocycles. The van der Waals surface area contributed by atoms with E-state index in [0.29, 0.717) is 18.7 Å². The van der Waals surface area contributed by atoms with Crippen LogP contribution in [-0.2, 0) is 22.5 Å². The fraction of sp³-hybridized carbons (Fsp3) is 0.368. The van der Waals surface area contributed by atoms with Gasteiger partial charge in [0, 0.05) is 17.7 Å². The highest BCUT2D eigenvalue weighted by Crippen LogP contribution is 2.36. The quantitative estimate of drug-likeness (QED) is 0.811. The lowest BCUT2D eigenvalue weighted by atomic mass is 9.91. The van der Waals surface area contributed by atoms with E-state index in [9.17, 15) is 9.59 Å². The Balaban J connectivity index is 2.15. The van der Waals surface area contributed by atoms with Gasteiger partial charge in [-0.3, -0.25) is 9.59 Å². The number of Topliss-reactive ketones (excluding diaryl/α,β-unsaturated/α-hetero) is 1. The third kappa shape index (κ3) is 2.81. The van der Waals surface area contributed by atoms with Crippen LogP contribution in [0.3, 0.4) is 0 Å². The van der Waals surface area contributed by atoms with Gasteiger partial charge in [0.15, 0.2) is 5.78 Å². The molecule has 0 aliphatic heterocycles. The van der Waals surface area contributed by atoms with Gasteiger partial charge in [-0.05, 0) is 37.8 Å². The third-order valence-corrected chi connectivity index (χ3v) is 4.37. The molecule has 1 aromatic heterocycles. The van der Waals surface area contributed by atoms with Crippen molar-refractivity contribution in [3.05, 3.63) is 47.3 Å². The van der Waals surface area contributed by atoms with E-state index in [0.717, 1.165) is 35.2 Å². The van der Waals surface area contributed by atoms with Crippen LogP contribution in [0, 0.1) is 6.92 Å². The van der Waals surface area contributed by atoms with E-state index in [1.807, 2.05) is 29.7 Å². The van der Waals surface area contributed by atoms with Crippen LogP contribution in [0.25, 0.3) is 11.1 Å². The highest BCUT2D eigenvalue weighted by molar-refractivity contribution is 6.00. The summed E-state index contributed by atoms with van der Waals surface area (Å²) in [5, 5.41) is 0. The maximum atomic E-state index is 12.5. The zero-order valence-electron chi connectivity index (χ0n) is 13.6. The Morgan fingerprint density at radius 2 is 1.96 bits per heavy atom. The second-order valence-corrected chi connectivity index (χ2v) is 5.82. The molecule has 1 aliphatic rings. The highest BCUT2D eigenvalue weighted by Gasteiger charge is 2.29. The number of rotatable bonds is 4. The monoisotopic (exact) mass is 311 g/mol. The number of ketones is 1. The molecule has 0 radical (unpaired) electrons. The summed E-state index contributed by atoms with van der Waals surface area (Å²) in [6.45, 7) is 4.21. The summed E-state index contributed by atoms with van der Waals surface area (Å²) in [5.74, 6) is -0.174. The first-order chi connectivity index (χ1) is 11.1. The maximum absolute atomic E-state index is 12.5. The van der Waals surface area contributed by atoms with Crippen molar-refractivity contribution in [2.75, 3.05) is 6.61 Å². The first kappa shape index (κ1) is 15.5. The lowest BCUT2D eigenvalue weighted by Gasteiger charge is -2.15. The van der Waals surface area contributed by atoms with Gasteiger partial charge < -0.3 is 9.30 Å². The second-order valence-electron chi connectivity index (χ2n) is 5.82. The van der Waals surface area contributed by atoms with Crippen LogP contribution in [-0.4, -0.2) is 22.9 Å². The molecule has 1 aromatic carbocycles. The molecule has 3 rings (SSSR count). The Morgan fingerprint density at radius 3 is 2.65 bits per heavy atom. The van der Waals surface area contributed by atoms with Crippen molar-refractivity contribution in [2.24, 2.45) is 0 Å². The van der Waals surface area contributed by atoms with E-state index >= 15 is 0 Å². The first-order valence-electron chi connectivity index (χ1n) is 8.09. The van der Waals surface area contributed by atoms with Crippen molar-refractivity contribution in [3.8, 4) is 11.1 Å². The second kappa shape index (κ2) is 6.41. The van der Waals surface area contributed by atoms with Gasteiger partial charge in [0.05, 0.1) is 12.3 Å². The predicted octanol–water partition coefficient (Wildman–Crippen LogP) is 3.55. The lowest BCUT2D eigenvalue weighted by Crippen LogP contribution is -2.21. The van der Waals surface area contributed by atoms with Crippen LogP contribution in [0.2, 0.25) is 0 Å². The Labute approximate surface area is 136 Å². The van der Waals surface area contributed by atoms with E-state index in [-0.39, 0.29) is 18.3 Å². The van der Waals surface area contributed by atoms with Gasteiger partial charge in [-0.1, -0.05) is 30.3 Å². The molecule has 0 spiro atoms. The summed E-state index contributed by atoms with van der Waals surface area (Å²) >= 11 is 0. The Morgan fingerprint density at radius 1 is 1.22 bits per heavy atom. The minimum Gasteiger partial charge on any atom is -0.465 e. The summed E-state index contributed by atoms with van der Waals surface area (Å²) in [4.78, 5) is 24.4. The van der Waals surface area contributed by atoms with Crippen LogP contribution in [0.15, 0.2) is 30.3 Å². The molecule has 1 heterocycles. The zero-order valence-corrected chi connectivity index (χ0v) is 13.6. The van der Waals surface area contributed by atoms with Crippen LogP contribution in [0.4, 0.5) is 0 Å². The van der Waals surface area contributed by atoms with E-state index in [1.165, 1.54) is 0 Å². The van der Waals surface area contributed by atoms with Gasteiger partial charge in [-0.2, -0.15) is 0 Å². The molecule has 4 nitrogen and oxygen atoms in total. The topological polar surface area (TPSA) is 48.3 Å². The molecular weight excluding hydrogens is 290 g/mol. The summed E-state index contributed by atoms with van der Waals surface area (Å²) in [5.41, 5.74) is 4.93. The number of aromatic nitrogens is 1. The number of fused-ring (bicyclic) bond motifs is 1. The summed E-state index contributed by atoms with van der Waals surface area (Å²) in [6, 6.07) is 10.1. The average Bonchev–Trinajstić information content (AvgIpc) is 2.82. The number of carbonyl (C=O) groups is 2. The first-order valence-corrected chi connectivity index (χ1v) is 8.09. The van der Waals surface area contributed by atoms with E-state index < -0.39 is 0 Å². The Bertz CT molecular complexity index is 744. The van der Waals surface area contributed by atoms with Crippen LogP contribution in [0.1, 0.15) is 41.5 Å².